The Morgan fingerprint density at radius 1 is 1.31 bits per heavy atom. The molecule has 0 heterocycles. The van der Waals surface area contributed by atoms with Crippen LogP contribution in [0.2, 0.25) is 0 Å². The summed E-state index contributed by atoms with van der Waals surface area (Å²) in [7, 11) is 1.93. The van der Waals surface area contributed by atoms with Gasteiger partial charge in [0, 0.05) is 12.0 Å². The van der Waals surface area contributed by atoms with E-state index in [1.165, 1.54) is 0 Å². The minimum absolute atomic E-state index is 0.265. The number of likely N-dealkylation sites (N-methyl/N-ethyl adjacent to an activating group) is 1. The van der Waals surface area contributed by atoms with Gasteiger partial charge in [-0.25, -0.2) is 0 Å². The molecule has 0 spiro atoms. The molecule has 0 fully saturated rings. The SMILES string of the molecule is CNCCc1ccccc1C(=O)CC(C)C. The Labute approximate surface area is 98.1 Å². The molecule has 0 saturated carbocycles. The normalized spacial score (nSPS) is 10.8. The molecular weight excluding hydrogens is 198 g/mol. The number of rotatable bonds is 6. The van der Waals surface area contributed by atoms with Gasteiger partial charge in [-0.2, -0.15) is 0 Å². The molecule has 0 aromatic heterocycles. The minimum atomic E-state index is 0.265. The van der Waals surface area contributed by atoms with E-state index in [4.69, 9.17) is 0 Å². The van der Waals surface area contributed by atoms with Crippen molar-refractivity contribution >= 4 is 5.78 Å². The lowest BCUT2D eigenvalue weighted by atomic mass is 9.96. The molecule has 2 heteroatoms. The van der Waals surface area contributed by atoms with Gasteiger partial charge in [-0.15, -0.1) is 0 Å². The van der Waals surface area contributed by atoms with Crippen LogP contribution in [-0.4, -0.2) is 19.4 Å². The summed E-state index contributed by atoms with van der Waals surface area (Å²) >= 11 is 0. The first-order valence-electron chi connectivity index (χ1n) is 5.91. The van der Waals surface area contributed by atoms with Crippen LogP contribution >= 0.6 is 0 Å². The molecule has 2 nitrogen and oxygen atoms in total. The van der Waals surface area contributed by atoms with Gasteiger partial charge in [-0.1, -0.05) is 38.1 Å². The summed E-state index contributed by atoms with van der Waals surface area (Å²) in [5.41, 5.74) is 2.05. The maximum atomic E-state index is 12.0. The Kier molecular flexibility index (Phi) is 5.20. The lowest BCUT2D eigenvalue weighted by Gasteiger charge is -2.09. The van der Waals surface area contributed by atoms with E-state index in [1.807, 2.05) is 31.3 Å². The van der Waals surface area contributed by atoms with Crippen LogP contribution < -0.4 is 5.32 Å². The zero-order valence-corrected chi connectivity index (χ0v) is 10.4. The lowest BCUT2D eigenvalue weighted by Crippen LogP contribution is -2.13. The number of benzene rings is 1. The molecule has 1 N–H and O–H groups in total. The van der Waals surface area contributed by atoms with Gasteiger partial charge in [0.2, 0.25) is 0 Å². The Morgan fingerprint density at radius 2 is 2.00 bits per heavy atom. The second-order valence-electron chi connectivity index (χ2n) is 4.53. The number of hydrogen-bond donors (Lipinski definition) is 1. The maximum absolute atomic E-state index is 12.0. The summed E-state index contributed by atoms with van der Waals surface area (Å²) in [5.74, 6) is 0.687. The smallest absolute Gasteiger partial charge is 0.163 e. The van der Waals surface area contributed by atoms with Crippen LogP contribution in [0.25, 0.3) is 0 Å². The molecule has 88 valence electrons. The number of carbonyl (C=O) groups excluding carboxylic acids is 1. The van der Waals surface area contributed by atoms with E-state index in [0.717, 1.165) is 24.1 Å². The number of hydrogen-bond acceptors (Lipinski definition) is 2. The third kappa shape index (κ3) is 3.78. The van der Waals surface area contributed by atoms with Crippen LogP contribution in [0.1, 0.15) is 36.2 Å². The van der Waals surface area contributed by atoms with Gasteiger partial charge < -0.3 is 5.32 Å². The van der Waals surface area contributed by atoms with Gasteiger partial charge in [0.15, 0.2) is 5.78 Å². The van der Waals surface area contributed by atoms with Crippen LogP contribution in [0.3, 0.4) is 0 Å². The van der Waals surface area contributed by atoms with Crippen LogP contribution in [0.5, 0.6) is 0 Å². The van der Waals surface area contributed by atoms with Crippen LogP contribution in [0.4, 0.5) is 0 Å². The van der Waals surface area contributed by atoms with Crippen molar-refractivity contribution in [1.29, 1.82) is 0 Å². The zero-order chi connectivity index (χ0) is 12.0. The molecule has 0 aliphatic heterocycles. The first kappa shape index (κ1) is 12.9. The van der Waals surface area contributed by atoms with E-state index in [1.54, 1.807) is 0 Å². The zero-order valence-electron chi connectivity index (χ0n) is 10.4. The predicted octanol–water partition coefficient (Wildman–Crippen LogP) is 2.68. The van der Waals surface area contributed by atoms with Gasteiger partial charge in [-0.3, -0.25) is 4.79 Å². The Bertz CT molecular complexity index is 344. The van der Waals surface area contributed by atoms with Gasteiger partial charge in [0.05, 0.1) is 0 Å². The van der Waals surface area contributed by atoms with Crippen molar-refractivity contribution in [3.05, 3.63) is 35.4 Å². The molecule has 0 radical (unpaired) electrons. The van der Waals surface area contributed by atoms with Crippen molar-refractivity contribution in [1.82, 2.24) is 5.32 Å². The van der Waals surface area contributed by atoms with E-state index in [0.29, 0.717) is 12.3 Å². The summed E-state index contributed by atoms with van der Waals surface area (Å²) in [6.45, 7) is 5.06. The largest absolute Gasteiger partial charge is 0.319 e. The van der Waals surface area contributed by atoms with E-state index >= 15 is 0 Å². The monoisotopic (exact) mass is 219 g/mol. The third-order valence-corrected chi connectivity index (χ3v) is 2.56. The van der Waals surface area contributed by atoms with Gasteiger partial charge >= 0.3 is 0 Å². The predicted molar refractivity (Wildman–Crippen MR) is 67.9 cm³/mol. The molecule has 0 aliphatic rings. The molecule has 1 rings (SSSR count). The highest BCUT2D eigenvalue weighted by molar-refractivity contribution is 5.97. The lowest BCUT2D eigenvalue weighted by molar-refractivity contribution is 0.0967. The fraction of sp³-hybridized carbons (Fsp3) is 0.500. The standard InChI is InChI=1S/C14H21NO/c1-11(2)10-14(16)13-7-5-4-6-12(13)8-9-15-3/h4-7,11,15H,8-10H2,1-3H3. The molecule has 1 aromatic rings. The van der Waals surface area contributed by atoms with Gasteiger partial charge in [0.1, 0.15) is 0 Å². The molecule has 0 atom stereocenters. The van der Waals surface area contributed by atoms with Crippen molar-refractivity contribution in [3.63, 3.8) is 0 Å². The van der Waals surface area contributed by atoms with Crippen molar-refractivity contribution < 1.29 is 4.79 Å². The quantitative estimate of drug-likeness (QED) is 0.745. The van der Waals surface area contributed by atoms with E-state index in [-0.39, 0.29) is 5.78 Å². The van der Waals surface area contributed by atoms with E-state index in [9.17, 15) is 4.79 Å². The minimum Gasteiger partial charge on any atom is -0.319 e. The second-order valence-corrected chi connectivity index (χ2v) is 4.53. The Balaban J connectivity index is 2.81. The summed E-state index contributed by atoms with van der Waals surface area (Å²) < 4.78 is 0. The average molecular weight is 219 g/mol. The first-order valence-corrected chi connectivity index (χ1v) is 5.91. The van der Waals surface area contributed by atoms with Crippen LogP contribution in [0, 0.1) is 5.92 Å². The fourth-order valence-corrected chi connectivity index (χ4v) is 1.75. The molecule has 0 saturated heterocycles. The van der Waals surface area contributed by atoms with Crippen molar-refractivity contribution in [2.75, 3.05) is 13.6 Å². The number of nitrogens with one attached hydrogen (secondary N) is 1. The number of ketones is 1. The van der Waals surface area contributed by atoms with Gasteiger partial charge in [0.25, 0.3) is 0 Å². The Morgan fingerprint density at radius 3 is 2.62 bits per heavy atom. The summed E-state index contributed by atoms with van der Waals surface area (Å²) in [6.07, 6.45) is 1.55. The molecule has 16 heavy (non-hydrogen) atoms. The summed E-state index contributed by atoms with van der Waals surface area (Å²) in [6, 6.07) is 7.92. The molecular formula is C14H21NO. The highest BCUT2D eigenvalue weighted by Crippen LogP contribution is 2.14. The molecule has 0 aliphatic carbocycles. The van der Waals surface area contributed by atoms with Crippen molar-refractivity contribution in [3.8, 4) is 0 Å². The fourth-order valence-electron chi connectivity index (χ4n) is 1.75. The van der Waals surface area contributed by atoms with E-state index in [2.05, 4.69) is 19.2 Å². The number of Topliss-reactive ketones (excluding diaryl/α,β-unsaturated/α-hetero) is 1. The number of carbonyl (C=O) groups is 1. The Hall–Kier alpha value is -1.15. The van der Waals surface area contributed by atoms with Crippen LogP contribution in [-0.2, 0) is 6.42 Å². The third-order valence-electron chi connectivity index (χ3n) is 2.56. The molecule has 0 unspecified atom stereocenters. The highest BCUT2D eigenvalue weighted by atomic mass is 16.1. The van der Waals surface area contributed by atoms with Crippen molar-refractivity contribution in [2.24, 2.45) is 5.92 Å². The first-order chi connectivity index (χ1) is 7.65. The molecule has 0 bridgehead atoms. The second kappa shape index (κ2) is 6.44. The highest BCUT2D eigenvalue weighted by Gasteiger charge is 2.11. The molecule has 0 amide bonds. The summed E-state index contributed by atoms with van der Waals surface area (Å²) in [4.78, 5) is 12.0. The van der Waals surface area contributed by atoms with E-state index < -0.39 is 0 Å². The molecule has 1 aromatic carbocycles. The van der Waals surface area contributed by atoms with Gasteiger partial charge in [-0.05, 0) is 31.5 Å². The topological polar surface area (TPSA) is 29.1 Å². The maximum Gasteiger partial charge on any atom is 0.163 e. The average Bonchev–Trinajstić information content (AvgIpc) is 2.25. The van der Waals surface area contributed by atoms with Crippen molar-refractivity contribution in [2.45, 2.75) is 26.7 Å². The summed E-state index contributed by atoms with van der Waals surface area (Å²) in [5, 5.41) is 3.11. The van der Waals surface area contributed by atoms with Crippen LogP contribution in [0.15, 0.2) is 24.3 Å².